The van der Waals surface area contributed by atoms with Crippen LogP contribution >= 0.6 is 0 Å². The molecule has 0 spiro atoms. The summed E-state index contributed by atoms with van der Waals surface area (Å²) in [5, 5.41) is 4.11. The molecule has 6 rings (SSSR count). The van der Waals surface area contributed by atoms with Crippen molar-refractivity contribution in [1.82, 2.24) is 15.0 Å². The van der Waals surface area contributed by atoms with E-state index in [0.717, 1.165) is 33.6 Å². The van der Waals surface area contributed by atoms with Crippen LogP contribution in [-0.4, -0.2) is 33.5 Å². The van der Waals surface area contributed by atoms with Gasteiger partial charge in [-0.15, -0.1) is 0 Å². The van der Waals surface area contributed by atoms with Crippen LogP contribution in [0.2, 0.25) is 0 Å². The lowest BCUT2D eigenvalue weighted by atomic mass is 9.99. The first kappa shape index (κ1) is 22.7. The maximum atomic E-state index is 12.6. The molecule has 0 radical (unpaired) electrons. The van der Waals surface area contributed by atoms with Crippen LogP contribution in [0.25, 0.3) is 33.7 Å². The Balaban J connectivity index is 1.18. The molecule has 0 bridgehead atoms. The third kappa shape index (κ3) is 4.72. The second-order valence-electron chi connectivity index (χ2n) is 9.07. The highest BCUT2D eigenvalue weighted by Crippen LogP contribution is 2.36. The number of aromatic amines is 1. The Hall–Kier alpha value is -4.75. The van der Waals surface area contributed by atoms with Crippen molar-refractivity contribution in [3.05, 3.63) is 108 Å². The van der Waals surface area contributed by atoms with Gasteiger partial charge in [-0.05, 0) is 60.0 Å². The molecule has 0 fully saturated rings. The van der Waals surface area contributed by atoms with Gasteiger partial charge in [0.15, 0.2) is 0 Å². The summed E-state index contributed by atoms with van der Waals surface area (Å²) in [7, 11) is 0. The molecule has 3 aromatic heterocycles. The minimum Gasteiger partial charge on any atom is -0.490 e. The smallest absolute Gasteiger partial charge is 0.256 e. The van der Waals surface area contributed by atoms with E-state index in [1.54, 1.807) is 24.7 Å². The van der Waals surface area contributed by atoms with E-state index in [2.05, 4.69) is 32.4 Å². The number of nitrogens with zero attached hydrogens (tertiary/aromatic N) is 2. The molecule has 0 saturated carbocycles. The number of nitrogens with one attached hydrogen (secondary N) is 2. The molecule has 2 aromatic carbocycles. The van der Waals surface area contributed by atoms with Gasteiger partial charge in [-0.2, -0.15) is 0 Å². The Morgan fingerprint density at radius 3 is 2.78 bits per heavy atom. The van der Waals surface area contributed by atoms with Crippen LogP contribution in [-0.2, 0) is 11.2 Å². The number of H-pyrrole nitrogens is 1. The highest BCUT2D eigenvalue weighted by molar-refractivity contribution is 6.35. The molecular formula is C30H25N5O2. The van der Waals surface area contributed by atoms with Gasteiger partial charge in [0.1, 0.15) is 12.4 Å². The number of para-hydroxylation sites is 1. The lowest BCUT2D eigenvalue weighted by Crippen LogP contribution is -2.30. The lowest BCUT2D eigenvalue weighted by Gasteiger charge is -2.13. The van der Waals surface area contributed by atoms with Crippen LogP contribution in [0, 0.1) is 0 Å². The van der Waals surface area contributed by atoms with Crippen LogP contribution in [0.15, 0.2) is 91.5 Å². The molecule has 1 unspecified atom stereocenters. The van der Waals surface area contributed by atoms with Gasteiger partial charge in [0.25, 0.3) is 5.91 Å². The van der Waals surface area contributed by atoms with Gasteiger partial charge in [-0.1, -0.05) is 30.3 Å². The summed E-state index contributed by atoms with van der Waals surface area (Å²) >= 11 is 0. The van der Waals surface area contributed by atoms with Gasteiger partial charge in [-0.3, -0.25) is 14.8 Å². The summed E-state index contributed by atoms with van der Waals surface area (Å²) in [5.74, 6) is 0.503. The van der Waals surface area contributed by atoms with E-state index < -0.39 is 0 Å². The predicted molar refractivity (Wildman–Crippen MR) is 146 cm³/mol. The number of nitrogens with two attached hydrogens (primary N) is 1. The quantitative estimate of drug-likeness (QED) is 0.278. The van der Waals surface area contributed by atoms with E-state index in [1.807, 2.05) is 60.8 Å². The van der Waals surface area contributed by atoms with Crippen molar-refractivity contribution >= 4 is 34.1 Å². The number of carbonyl (C=O) groups is 1. The fourth-order valence-electron chi connectivity index (χ4n) is 4.62. The normalized spacial score (nSPS) is 14.5. The largest absolute Gasteiger partial charge is 0.490 e. The molecular weight excluding hydrogens is 462 g/mol. The molecule has 0 aliphatic carbocycles. The molecule has 0 saturated heterocycles. The van der Waals surface area contributed by atoms with Crippen molar-refractivity contribution in [3.8, 4) is 16.9 Å². The first-order chi connectivity index (χ1) is 18.1. The van der Waals surface area contributed by atoms with Crippen LogP contribution < -0.4 is 15.8 Å². The zero-order chi connectivity index (χ0) is 25.2. The van der Waals surface area contributed by atoms with Gasteiger partial charge in [0, 0.05) is 52.3 Å². The van der Waals surface area contributed by atoms with Crippen molar-refractivity contribution < 1.29 is 9.53 Å². The molecule has 5 aromatic rings. The maximum absolute atomic E-state index is 12.6. The molecule has 37 heavy (non-hydrogen) atoms. The Kier molecular flexibility index (Phi) is 5.96. The lowest BCUT2D eigenvalue weighted by molar-refractivity contribution is -0.110. The first-order valence-electron chi connectivity index (χ1n) is 12.1. The maximum Gasteiger partial charge on any atom is 0.256 e. The minimum atomic E-state index is -0.167. The van der Waals surface area contributed by atoms with E-state index in [9.17, 15) is 4.79 Å². The summed E-state index contributed by atoms with van der Waals surface area (Å²) in [6.45, 7) is 0.365. The average molecular weight is 488 g/mol. The molecule has 4 N–H and O–H groups in total. The Morgan fingerprint density at radius 2 is 1.89 bits per heavy atom. The fourth-order valence-corrected chi connectivity index (χ4v) is 4.62. The molecule has 1 aliphatic heterocycles. The van der Waals surface area contributed by atoms with E-state index in [-0.39, 0.29) is 11.9 Å². The number of pyridine rings is 2. The van der Waals surface area contributed by atoms with Gasteiger partial charge in [0.2, 0.25) is 0 Å². The minimum absolute atomic E-state index is 0.141. The fraction of sp³-hybridized carbons (Fsp3) is 0.100. The van der Waals surface area contributed by atoms with Crippen LogP contribution in [0.5, 0.6) is 5.75 Å². The van der Waals surface area contributed by atoms with Gasteiger partial charge in [0.05, 0.1) is 17.5 Å². The zero-order valence-corrected chi connectivity index (χ0v) is 20.0. The van der Waals surface area contributed by atoms with Crippen LogP contribution in [0.1, 0.15) is 16.8 Å². The van der Waals surface area contributed by atoms with Crippen LogP contribution in [0.3, 0.4) is 0 Å². The van der Waals surface area contributed by atoms with Crippen molar-refractivity contribution in [2.45, 2.75) is 12.5 Å². The number of carbonyl (C=O) groups excluding carboxylic acids is 1. The molecule has 1 aliphatic rings. The van der Waals surface area contributed by atoms with E-state index in [0.29, 0.717) is 24.4 Å². The highest BCUT2D eigenvalue weighted by Gasteiger charge is 2.24. The van der Waals surface area contributed by atoms with Gasteiger partial charge in [-0.25, -0.2) is 0 Å². The zero-order valence-electron chi connectivity index (χ0n) is 20.0. The molecule has 1 amide bonds. The van der Waals surface area contributed by atoms with Crippen molar-refractivity contribution in [1.29, 1.82) is 0 Å². The average Bonchev–Trinajstić information content (AvgIpc) is 3.48. The SMILES string of the molecule is NC(COc1cncc(-c2ccc3c(c2)/C(=C/c2ccccn2)C(=O)N3)c1)Cc1c[nH]c2ccccc12. The van der Waals surface area contributed by atoms with Crippen molar-refractivity contribution in [3.63, 3.8) is 0 Å². The number of aromatic nitrogens is 3. The monoisotopic (exact) mass is 487 g/mol. The van der Waals surface area contributed by atoms with Crippen molar-refractivity contribution in [2.24, 2.45) is 5.73 Å². The van der Waals surface area contributed by atoms with Gasteiger partial charge < -0.3 is 20.8 Å². The van der Waals surface area contributed by atoms with Gasteiger partial charge >= 0.3 is 0 Å². The number of amides is 1. The summed E-state index contributed by atoms with van der Waals surface area (Å²) in [6.07, 6.45) is 9.70. The molecule has 1 atom stereocenters. The summed E-state index contributed by atoms with van der Waals surface area (Å²) < 4.78 is 6.02. The Labute approximate surface area is 214 Å². The molecule has 4 heterocycles. The Bertz CT molecular complexity index is 1620. The summed E-state index contributed by atoms with van der Waals surface area (Å²) in [5.41, 5.74) is 13.4. The summed E-state index contributed by atoms with van der Waals surface area (Å²) in [6, 6.07) is 21.4. The van der Waals surface area contributed by atoms with E-state index in [1.165, 1.54) is 10.9 Å². The van der Waals surface area contributed by atoms with Crippen molar-refractivity contribution in [2.75, 3.05) is 11.9 Å². The van der Waals surface area contributed by atoms with E-state index >= 15 is 0 Å². The molecule has 7 nitrogen and oxygen atoms in total. The third-order valence-corrected chi connectivity index (χ3v) is 6.45. The third-order valence-electron chi connectivity index (χ3n) is 6.45. The number of fused-ring (bicyclic) bond motifs is 2. The Morgan fingerprint density at radius 1 is 1.00 bits per heavy atom. The highest BCUT2D eigenvalue weighted by atomic mass is 16.5. The number of anilines is 1. The van der Waals surface area contributed by atoms with E-state index in [4.69, 9.17) is 10.5 Å². The number of rotatable bonds is 7. The van der Waals surface area contributed by atoms with Crippen LogP contribution in [0.4, 0.5) is 5.69 Å². The second-order valence-corrected chi connectivity index (χ2v) is 9.07. The molecule has 7 heteroatoms. The number of hydrogen-bond donors (Lipinski definition) is 3. The predicted octanol–water partition coefficient (Wildman–Crippen LogP) is 5.07. The number of hydrogen-bond acceptors (Lipinski definition) is 5. The second kappa shape index (κ2) is 9.72. The number of benzene rings is 2. The number of ether oxygens (including phenoxy) is 1. The first-order valence-corrected chi connectivity index (χ1v) is 12.1. The standard InChI is InChI=1S/C30H25N5O2/c31-22(11-21-16-34-28-7-2-1-6-25(21)28)18-37-24-12-20(15-32-17-24)19-8-9-29-26(13-19)27(30(36)35-29)14-23-5-3-4-10-33-23/h1-10,12-17,22,34H,11,18,31H2,(H,35,36)/b27-14-. The molecule has 182 valence electrons. The summed E-state index contributed by atoms with van der Waals surface area (Å²) in [4.78, 5) is 24.6. The topological polar surface area (TPSA) is 106 Å².